The average molecular weight is 201 g/mol. The minimum absolute atomic E-state index is 0.0658. The molecule has 2 N–H and O–H groups in total. The highest BCUT2D eigenvalue weighted by Gasteiger charge is 2.16. The van der Waals surface area contributed by atoms with E-state index in [4.69, 9.17) is 16.7 Å². The van der Waals surface area contributed by atoms with Gasteiger partial charge < -0.3 is 10.2 Å². The van der Waals surface area contributed by atoms with E-state index in [-0.39, 0.29) is 6.61 Å². The van der Waals surface area contributed by atoms with Crippen molar-refractivity contribution >= 4 is 11.6 Å². The molecule has 1 rings (SSSR count). The third-order valence-electron chi connectivity index (χ3n) is 1.85. The van der Waals surface area contributed by atoms with E-state index >= 15 is 0 Å². The molecule has 2 nitrogen and oxygen atoms in total. The van der Waals surface area contributed by atoms with Gasteiger partial charge in [-0.25, -0.2) is 0 Å². The molecular weight excluding hydrogens is 188 g/mol. The lowest BCUT2D eigenvalue weighted by atomic mass is 9.97. The van der Waals surface area contributed by atoms with Crippen molar-refractivity contribution in [3.63, 3.8) is 0 Å². The fourth-order valence-electron chi connectivity index (χ4n) is 1.09. The number of rotatable bonds is 2. The number of benzene rings is 1. The highest BCUT2D eigenvalue weighted by Crippen LogP contribution is 2.24. The van der Waals surface area contributed by atoms with Crippen LogP contribution in [0.1, 0.15) is 25.0 Å². The number of hydrogen-bond acceptors (Lipinski definition) is 2. The Balaban J connectivity index is 3.16. The highest BCUT2D eigenvalue weighted by atomic mass is 35.5. The van der Waals surface area contributed by atoms with Gasteiger partial charge in [0.15, 0.2) is 0 Å². The van der Waals surface area contributed by atoms with Crippen molar-refractivity contribution in [3.8, 4) is 0 Å². The fourth-order valence-corrected chi connectivity index (χ4v) is 1.35. The van der Waals surface area contributed by atoms with Crippen molar-refractivity contribution in [3.05, 3.63) is 34.3 Å². The van der Waals surface area contributed by atoms with Crippen LogP contribution in [0.25, 0.3) is 0 Å². The summed E-state index contributed by atoms with van der Waals surface area (Å²) in [5.74, 6) is 0. The van der Waals surface area contributed by atoms with Crippen LogP contribution in [0.2, 0.25) is 5.02 Å². The molecular formula is C10H13ClO2. The molecule has 0 fully saturated rings. The van der Waals surface area contributed by atoms with E-state index in [0.717, 1.165) is 0 Å². The van der Waals surface area contributed by atoms with Crippen LogP contribution in [-0.2, 0) is 12.2 Å². The Morgan fingerprint density at radius 3 is 2.38 bits per heavy atom. The van der Waals surface area contributed by atoms with Crippen molar-refractivity contribution in [2.75, 3.05) is 0 Å². The second kappa shape index (κ2) is 3.66. The first-order chi connectivity index (χ1) is 5.93. The second-order valence-corrected chi connectivity index (χ2v) is 4.00. The first-order valence-electron chi connectivity index (χ1n) is 4.06. The molecule has 0 bridgehead atoms. The zero-order chi connectivity index (χ0) is 10.1. The molecule has 0 saturated carbocycles. The van der Waals surface area contributed by atoms with E-state index < -0.39 is 5.60 Å². The fraction of sp³-hybridized carbons (Fsp3) is 0.400. The Bertz CT molecular complexity index is 302. The van der Waals surface area contributed by atoms with Gasteiger partial charge in [0.2, 0.25) is 0 Å². The van der Waals surface area contributed by atoms with Crippen molar-refractivity contribution < 1.29 is 10.2 Å². The standard InChI is InChI=1S/C10H13ClO2/c1-10(2,13)8-3-7(6-12)4-9(11)5-8/h3-5,12-13H,6H2,1-2H3. The molecule has 0 saturated heterocycles. The Morgan fingerprint density at radius 2 is 1.92 bits per heavy atom. The molecule has 0 aliphatic rings. The summed E-state index contributed by atoms with van der Waals surface area (Å²) in [5, 5.41) is 19.1. The number of aliphatic hydroxyl groups excluding tert-OH is 1. The second-order valence-electron chi connectivity index (χ2n) is 3.57. The van der Waals surface area contributed by atoms with E-state index in [1.165, 1.54) is 0 Å². The number of halogens is 1. The van der Waals surface area contributed by atoms with Gasteiger partial charge in [-0.2, -0.15) is 0 Å². The lowest BCUT2D eigenvalue weighted by Gasteiger charge is -2.18. The molecule has 1 aromatic carbocycles. The van der Waals surface area contributed by atoms with Crippen molar-refractivity contribution in [1.82, 2.24) is 0 Å². The van der Waals surface area contributed by atoms with Crippen molar-refractivity contribution in [2.45, 2.75) is 26.1 Å². The largest absolute Gasteiger partial charge is 0.392 e. The highest BCUT2D eigenvalue weighted by molar-refractivity contribution is 6.30. The Hall–Kier alpha value is -0.570. The van der Waals surface area contributed by atoms with Crippen LogP contribution in [-0.4, -0.2) is 10.2 Å². The molecule has 0 spiro atoms. The van der Waals surface area contributed by atoms with Gasteiger partial charge in [0.1, 0.15) is 0 Å². The first kappa shape index (κ1) is 10.5. The third-order valence-corrected chi connectivity index (χ3v) is 2.06. The summed E-state index contributed by atoms with van der Waals surface area (Å²) in [6, 6.07) is 5.11. The summed E-state index contributed by atoms with van der Waals surface area (Å²) in [6.07, 6.45) is 0. The van der Waals surface area contributed by atoms with Gasteiger partial charge in [0.25, 0.3) is 0 Å². The van der Waals surface area contributed by atoms with E-state index in [0.29, 0.717) is 16.1 Å². The minimum Gasteiger partial charge on any atom is -0.392 e. The van der Waals surface area contributed by atoms with Gasteiger partial charge in [-0.1, -0.05) is 17.7 Å². The molecule has 3 heteroatoms. The van der Waals surface area contributed by atoms with Crippen LogP contribution in [0.4, 0.5) is 0 Å². The SMILES string of the molecule is CC(C)(O)c1cc(Cl)cc(CO)c1. The van der Waals surface area contributed by atoms with Crippen LogP contribution in [0.5, 0.6) is 0 Å². The zero-order valence-electron chi connectivity index (χ0n) is 7.71. The van der Waals surface area contributed by atoms with Crippen molar-refractivity contribution in [1.29, 1.82) is 0 Å². The summed E-state index contributed by atoms with van der Waals surface area (Å²) >= 11 is 5.81. The molecule has 0 radical (unpaired) electrons. The van der Waals surface area contributed by atoms with Gasteiger partial charge >= 0.3 is 0 Å². The van der Waals surface area contributed by atoms with Gasteiger partial charge in [0, 0.05) is 5.02 Å². The summed E-state index contributed by atoms with van der Waals surface area (Å²) < 4.78 is 0. The Morgan fingerprint density at radius 1 is 1.31 bits per heavy atom. The molecule has 0 unspecified atom stereocenters. The number of aliphatic hydroxyl groups is 2. The van der Waals surface area contributed by atoms with Crippen LogP contribution >= 0.6 is 11.6 Å². The first-order valence-corrected chi connectivity index (χ1v) is 4.44. The maximum Gasteiger partial charge on any atom is 0.0841 e. The van der Waals surface area contributed by atoms with Crippen molar-refractivity contribution in [2.24, 2.45) is 0 Å². The predicted molar refractivity (Wildman–Crippen MR) is 52.6 cm³/mol. The smallest absolute Gasteiger partial charge is 0.0841 e. The average Bonchev–Trinajstić information content (AvgIpc) is 2.01. The minimum atomic E-state index is -0.922. The number of hydrogen-bond donors (Lipinski definition) is 2. The Labute approximate surface area is 82.8 Å². The molecule has 0 aliphatic heterocycles. The molecule has 0 atom stereocenters. The van der Waals surface area contributed by atoms with Crippen LogP contribution in [0, 0.1) is 0 Å². The van der Waals surface area contributed by atoms with Gasteiger partial charge in [0.05, 0.1) is 12.2 Å². The zero-order valence-corrected chi connectivity index (χ0v) is 8.47. The van der Waals surface area contributed by atoms with Crippen LogP contribution in [0.15, 0.2) is 18.2 Å². The van der Waals surface area contributed by atoms with Gasteiger partial charge in [-0.05, 0) is 37.1 Å². The maximum atomic E-state index is 9.69. The normalized spacial score (nSPS) is 11.8. The maximum absolute atomic E-state index is 9.69. The third kappa shape index (κ3) is 2.69. The van der Waals surface area contributed by atoms with Crippen LogP contribution < -0.4 is 0 Å². The van der Waals surface area contributed by atoms with E-state index in [1.807, 2.05) is 0 Å². The lowest BCUT2D eigenvalue weighted by Crippen LogP contribution is -2.15. The molecule has 72 valence electrons. The quantitative estimate of drug-likeness (QED) is 0.767. The molecule has 0 aromatic heterocycles. The van der Waals surface area contributed by atoms with E-state index in [2.05, 4.69) is 0 Å². The molecule has 1 aromatic rings. The summed E-state index contributed by atoms with van der Waals surface area (Å²) in [5.41, 5.74) is 0.503. The topological polar surface area (TPSA) is 40.5 Å². The summed E-state index contributed by atoms with van der Waals surface area (Å²) in [6.45, 7) is 3.29. The lowest BCUT2D eigenvalue weighted by molar-refractivity contribution is 0.0784. The molecule has 13 heavy (non-hydrogen) atoms. The summed E-state index contributed by atoms with van der Waals surface area (Å²) in [7, 11) is 0. The molecule has 0 heterocycles. The van der Waals surface area contributed by atoms with E-state index in [1.54, 1.807) is 32.0 Å². The molecule has 0 amide bonds. The van der Waals surface area contributed by atoms with Crippen LogP contribution in [0.3, 0.4) is 0 Å². The molecule has 0 aliphatic carbocycles. The predicted octanol–water partition coefficient (Wildman–Crippen LogP) is 2.06. The monoisotopic (exact) mass is 200 g/mol. The summed E-state index contributed by atoms with van der Waals surface area (Å²) in [4.78, 5) is 0. The Kier molecular flexibility index (Phi) is 2.96. The van der Waals surface area contributed by atoms with Gasteiger partial charge in [-0.3, -0.25) is 0 Å². The van der Waals surface area contributed by atoms with Gasteiger partial charge in [-0.15, -0.1) is 0 Å². The van der Waals surface area contributed by atoms with E-state index in [9.17, 15) is 5.11 Å².